The highest BCUT2D eigenvalue weighted by Crippen LogP contribution is 2.23. The Bertz CT molecular complexity index is 1080. The van der Waals surface area contributed by atoms with Gasteiger partial charge in [0.15, 0.2) is 0 Å². The second-order valence-electron chi connectivity index (χ2n) is 6.23. The minimum absolute atomic E-state index is 0.0349. The van der Waals surface area contributed by atoms with Crippen LogP contribution in [0.1, 0.15) is 11.1 Å². The summed E-state index contributed by atoms with van der Waals surface area (Å²) in [6, 6.07) is 14.5. The lowest BCUT2D eigenvalue weighted by Crippen LogP contribution is -2.50. The van der Waals surface area contributed by atoms with Crippen LogP contribution in [0.25, 0.3) is 0 Å². The summed E-state index contributed by atoms with van der Waals surface area (Å²) in [6.07, 6.45) is 0. The molecule has 0 unspecified atom stereocenters. The van der Waals surface area contributed by atoms with Crippen molar-refractivity contribution in [1.82, 2.24) is 8.61 Å². The van der Waals surface area contributed by atoms with Crippen LogP contribution >= 0.6 is 0 Å². The minimum Gasteiger partial charge on any atom is -0.207 e. The van der Waals surface area contributed by atoms with E-state index in [0.29, 0.717) is 0 Å². The van der Waals surface area contributed by atoms with Gasteiger partial charge < -0.3 is 0 Å². The Morgan fingerprint density at radius 1 is 0.815 bits per heavy atom. The highest BCUT2D eigenvalue weighted by atomic mass is 32.2. The maximum absolute atomic E-state index is 12.8. The van der Waals surface area contributed by atoms with E-state index in [1.807, 2.05) is 13.0 Å². The lowest BCUT2D eigenvalue weighted by molar-refractivity contribution is 0.273. The molecule has 0 aromatic heterocycles. The molecule has 1 fully saturated rings. The van der Waals surface area contributed by atoms with E-state index in [2.05, 4.69) is 0 Å². The van der Waals surface area contributed by atoms with E-state index in [-0.39, 0.29) is 41.5 Å². The first-order valence-corrected chi connectivity index (χ1v) is 11.2. The smallest absolute Gasteiger partial charge is 0.207 e. The van der Waals surface area contributed by atoms with Gasteiger partial charge in [-0.05, 0) is 31.2 Å². The first kappa shape index (κ1) is 19.5. The lowest BCUT2D eigenvalue weighted by Gasteiger charge is -2.33. The zero-order valence-corrected chi connectivity index (χ0v) is 16.4. The van der Waals surface area contributed by atoms with E-state index < -0.39 is 20.0 Å². The number of benzene rings is 2. The van der Waals surface area contributed by atoms with Gasteiger partial charge in [0.05, 0.1) is 15.4 Å². The van der Waals surface area contributed by atoms with Crippen molar-refractivity contribution in [2.24, 2.45) is 0 Å². The number of nitriles is 1. The zero-order valence-electron chi connectivity index (χ0n) is 14.7. The van der Waals surface area contributed by atoms with Gasteiger partial charge >= 0.3 is 0 Å². The Morgan fingerprint density at radius 3 is 1.89 bits per heavy atom. The Balaban J connectivity index is 1.79. The van der Waals surface area contributed by atoms with E-state index in [1.54, 1.807) is 36.4 Å². The number of sulfonamides is 2. The molecule has 2 aromatic rings. The van der Waals surface area contributed by atoms with Crippen LogP contribution in [0.5, 0.6) is 0 Å². The van der Waals surface area contributed by atoms with Crippen molar-refractivity contribution in [3.63, 3.8) is 0 Å². The molecule has 0 saturated carbocycles. The van der Waals surface area contributed by atoms with Gasteiger partial charge in [-0.15, -0.1) is 0 Å². The Labute approximate surface area is 159 Å². The summed E-state index contributed by atoms with van der Waals surface area (Å²) in [5.41, 5.74) is 1.04. The number of hydrogen-bond acceptors (Lipinski definition) is 5. The van der Waals surface area contributed by atoms with Crippen LogP contribution in [0.4, 0.5) is 0 Å². The van der Waals surface area contributed by atoms with Crippen LogP contribution in [0, 0.1) is 18.3 Å². The fourth-order valence-corrected chi connectivity index (χ4v) is 5.92. The molecule has 0 atom stereocenters. The molecule has 0 aliphatic carbocycles. The third-order valence-electron chi connectivity index (χ3n) is 4.48. The second kappa shape index (κ2) is 7.40. The third kappa shape index (κ3) is 3.75. The van der Waals surface area contributed by atoms with Gasteiger partial charge in [-0.2, -0.15) is 13.9 Å². The van der Waals surface area contributed by atoms with Crippen LogP contribution in [0.15, 0.2) is 58.3 Å². The van der Waals surface area contributed by atoms with Crippen molar-refractivity contribution in [2.75, 3.05) is 26.2 Å². The molecule has 7 nitrogen and oxygen atoms in total. The minimum atomic E-state index is -3.85. The van der Waals surface area contributed by atoms with Crippen LogP contribution in [0.3, 0.4) is 0 Å². The van der Waals surface area contributed by atoms with E-state index in [0.717, 1.165) is 5.56 Å². The van der Waals surface area contributed by atoms with Gasteiger partial charge in [0.25, 0.3) is 0 Å². The standard InChI is InChI=1S/C18H19N3O4S2/c1-15-6-8-17(9-7-15)26(22,23)20-10-12-21(13-11-20)27(24,25)18-5-3-2-4-16(18)14-19/h2-9H,10-13H2,1H3. The fourth-order valence-electron chi connectivity index (χ4n) is 2.93. The molecule has 2 aromatic carbocycles. The number of rotatable bonds is 4. The normalized spacial score (nSPS) is 16.7. The van der Waals surface area contributed by atoms with Crippen molar-refractivity contribution < 1.29 is 16.8 Å². The molecule has 142 valence electrons. The number of piperazine rings is 1. The van der Waals surface area contributed by atoms with Crippen LogP contribution in [-0.4, -0.2) is 51.6 Å². The summed E-state index contributed by atoms with van der Waals surface area (Å²) >= 11 is 0. The molecular formula is C18H19N3O4S2. The summed E-state index contributed by atoms with van der Waals surface area (Å²) in [4.78, 5) is 0.140. The van der Waals surface area contributed by atoms with Gasteiger partial charge in [0.1, 0.15) is 6.07 Å². The maximum Gasteiger partial charge on any atom is 0.244 e. The first-order chi connectivity index (χ1) is 12.8. The van der Waals surface area contributed by atoms with Gasteiger partial charge in [-0.1, -0.05) is 29.8 Å². The topological polar surface area (TPSA) is 98.6 Å². The first-order valence-electron chi connectivity index (χ1n) is 8.33. The molecule has 1 aliphatic rings. The molecule has 3 rings (SSSR count). The van der Waals surface area contributed by atoms with E-state index in [1.165, 1.54) is 20.7 Å². The van der Waals surface area contributed by atoms with Gasteiger partial charge in [0, 0.05) is 26.2 Å². The molecule has 0 spiro atoms. The maximum atomic E-state index is 12.8. The molecular weight excluding hydrogens is 386 g/mol. The van der Waals surface area contributed by atoms with Crippen molar-refractivity contribution in [3.05, 3.63) is 59.7 Å². The lowest BCUT2D eigenvalue weighted by atomic mass is 10.2. The Hall–Kier alpha value is -2.25. The summed E-state index contributed by atoms with van der Waals surface area (Å²) in [7, 11) is -7.52. The molecule has 9 heteroatoms. The molecule has 1 aliphatic heterocycles. The number of aryl methyl sites for hydroxylation is 1. The Kier molecular flexibility index (Phi) is 5.35. The summed E-state index contributed by atoms with van der Waals surface area (Å²) in [6.45, 7) is 2.06. The van der Waals surface area contributed by atoms with Crippen LogP contribution < -0.4 is 0 Å². The predicted octanol–water partition coefficient (Wildman–Crippen LogP) is 1.56. The average Bonchev–Trinajstić information content (AvgIpc) is 2.68. The second-order valence-corrected chi connectivity index (χ2v) is 10.1. The highest BCUT2D eigenvalue weighted by molar-refractivity contribution is 7.89. The van der Waals surface area contributed by atoms with E-state index in [4.69, 9.17) is 5.26 Å². The molecule has 1 heterocycles. The van der Waals surface area contributed by atoms with Crippen LogP contribution in [-0.2, 0) is 20.0 Å². The van der Waals surface area contributed by atoms with Crippen molar-refractivity contribution in [3.8, 4) is 6.07 Å². The quantitative estimate of drug-likeness (QED) is 0.769. The van der Waals surface area contributed by atoms with Crippen molar-refractivity contribution in [2.45, 2.75) is 16.7 Å². The van der Waals surface area contributed by atoms with Crippen LogP contribution in [0.2, 0.25) is 0 Å². The average molecular weight is 406 g/mol. The van der Waals surface area contributed by atoms with Crippen molar-refractivity contribution in [1.29, 1.82) is 5.26 Å². The third-order valence-corrected chi connectivity index (χ3v) is 8.35. The summed E-state index contributed by atoms with van der Waals surface area (Å²) < 4.78 is 53.7. The van der Waals surface area contributed by atoms with Gasteiger partial charge in [-0.25, -0.2) is 16.8 Å². The molecule has 0 amide bonds. The fraction of sp³-hybridized carbons (Fsp3) is 0.278. The molecule has 0 radical (unpaired) electrons. The Morgan fingerprint density at radius 2 is 1.33 bits per heavy atom. The van der Waals surface area contributed by atoms with E-state index in [9.17, 15) is 16.8 Å². The molecule has 1 saturated heterocycles. The summed E-state index contributed by atoms with van der Waals surface area (Å²) in [5, 5.41) is 9.15. The van der Waals surface area contributed by atoms with Gasteiger partial charge in [-0.3, -0.25) is 0 Å². The number of hydrogen-bond donors (Lipinski definition) is 0. The van der Waals surface area contributed by atoms with Crippen molar-refractivity contribution >= 4 is 20.0 Å². The highest BCUT2D eigenvalue weighted by Gasteiger charge is 2.34. The van der Waals surface area contributed by atoms with E-state index >= 15 is 0 Å². The molecule has 0 bridgehead atoms. The monoisotopic (exact) mass is 405 g/mol. The number of nitrogens with zero attached hydrogens (tertiary/aromatic N) is 3. The SMILES string of the molecule is Cc1ccc(S(=O)(=O)N2CCN(S(=O)(=O)c3ccccc3C#N)CC2)cc1. The predicted molar refractivity (Wildman–Crippen MR) is 99.9 cm³/mol. The largest absolute Gasteiger partial charge is 0.244 e. The van der Waals surface area contributed by atoms with Gasteiger partial charge in [0.2, 0.25) is 20.0 Å². The molecule has 0 N–H and O–H groups in total. The zero-order chi connectivity index (χ0) is 19.7. The molecule has 27 heavy (non-hydrogen) atoms. The summed E-state index contributed by atoms with van der Waals surface area (Å²) in [5.74, 6) is 0.